The summed E-state index contributed by atoms with van der Waals surface area (Å²) in [4.78, 5) is 16.0. The van der Waals surface area contributed by atoms with Crippen LogP contribution in [0.4, 0.5) is 0 Å². The molecule has 0 aromatic rings. The van der Waals surface area contributed by atoms with E-state index < -0.39 is 0 Å². The number of amides is 1. The first kappa shape index (κ1) is 13.7. The molecule has 18 heavy (non-hydrogen) atoms. The lowest BCUT2D eigenvalue weighted by atomic mass is 9.97. The SMILES string of the molecule is CC1(C)CN=C(NCCCC(=O)NC2CC2)SC1. The number of carbonyl (C=O) groups is 1. The number of nitrogens with zero attached hydrogens (tertiary/aromatic N) is 1. The summed E-state index contributed by atoms with van der Waals surface area (Å²) in [5, 5.41) is 7.36. The number of amidine groups is 1. The van der Waals surface area contributed by atoms with Gasteiger partial charge < -0.3 is 10.6 Å². The first-order chi connectivity index (χ1) is 8.55. The third-order valence-corrected chi connectivity index (χ3v) is 4.52. The fraction of sp³-hybridized carbons (Fsp3) is 0.846. The van der Waals surface area contributed by atoms with E-state index in [2.05, 4.69) is 29.5 Å². The molecule has 1 aliphatic carbocycles. The lowest BCUT2D eigenvalue weighted by Gasteiger charge is -2.27. The molecule has 2 N–H and O–H groups in total. The largest absolute Gasteiger partial charge is 0.365 e. The first-order valence-electron chi connectivity index (χ1n) is 6.76. The number of carbonyl (C=O) groups excluding carboxylic acids is 1. The normalized spacial score (nSPS) is 22.2. The monoisotopic (exact) mass is 269 g/mol. The number of hydrogen-bond acceptors (Lipinski definition) is 4. The van der Waals surface area contributed by atoms with E-state index in [4.69, 9.17) is 0 Å². The van der Waals surface area contributed by atoms with Gasteiger partial charge in [0.1, 0.15) is 0 Å². The summed E-state index contributed by atoms with van der Waals surface area (Å²) in [5.41, 5.74) is 0.319. The maximum absolute atomic E-state index is 11.5. The summed E-state index contributed by atoms with van der Waals surface area (Å²) in [5.74, 6) is 1.31. The second-order valence-corrected chi connectivity index (χ2v) is 6.91. The minimum atomic E-state index is 0.193. The number of rotatable bonds is 5. The van der Waals surface area contributed by atoms with Crippen LogP contribution in [0.25, 0.3) is 0 Å². The molecule has 1 amide bonds. The van der Waals surface area contributed by atoms with E-state index in [0.717, 1.165) is 43.3 Å². The summed E-state index contributed by atoms with van der Waals surface area (Å²) >= 11 is 1.79. The summed E-state index contributed by atoms with van der Waals surface area (Å²) in [7, 11) is 0. The standard InChI is InChI=1S/C13H23N3OS/c1-13(2)8-15-12(18-9-13)14-7-3-4-11(17)16-10-5-6-10/h10H,3-9H2,1-2H3,(H,14,15)(H,16,17). The Labute approximate surface area is 113 Å². The smallest absolute Gasteiger partial charge is 0.220 e. The zero-order valence-corrected chi connectivity index (χ0v) is 12.1. The van der Waals surface area contributed by atoms with Crippen LogP contribution in [0.3, 0.4) is 0 Å². The molecular formula is C13H23N3OS. The fourth-order valence-corrected chi connectivity index (χ4v) is 2.70. The van der Waals surface area contributed by atoms with Gasteiger partial charge in [0.25, 0.3) is 0 Å². The number of nitrogens with one attached hydrogen (secondary N) is 2. The van der Waals surface area contributed by atoms with Gasteiger partial charge in [-0.2, -0.15) is 0 Å². The second kappa shape index (κ2) is 5.95. The Morgan fingerprint density at radius 1 is 1.50 bits per heavy atom. The van der Waals surface area contributed by atoms with Crippen LogP contribution < -0.4 is 10.6 Å². The first-order valence-corrected chi connectivity index (χ1v) is 7.74. The molecule has 0 aromatic carbocycles. The van der Waals surface area contributed by atoms with Gasteiger partial charge >= 0.3 is 0 Å². The molecule has 5 heteroatoms. The summed E-state index contributed by atoms with van der Waals surface area (Å²) in [6.45, 7) is 6.21. The quantitative estimate of drug-likeness (QED) is 0.748. The van der Waals surface area contributed by atoms with Crippen molar-refractivity contribution < 1.29 is 4.79 Å². The van der Waals surface area contributed by atoms with Crippen LogP contribution in [0.2, 0.25) is 0 Å². The highest BCUT2D eigenvalue weighted by Crippen LogP contribution is 2.26. The Bertz CT molecular complexity index is 337. The van der Waals surface area contributed by atoms with Gasteiger partial charge in [0, 0.05) is 31.3 Å². The van der Waals surface area contributed by atoms with E-state index in [1.54, 1.807) is 11.8 Å². The van der Waals surface area contributed by atoms with E-state index in [0.29, 0.717) is 17.9 Å². The third kappa shape index (κ3) is 4.88. The minimum Gasteiger partial charge on any atom is -0.365 e. The number of aliphatic imine (C=N–C) groups is 1. The molecule has 0 spiro atoms. The van der Waals surface area contributed by atoms with Crippen molar-refractivity contribution in [1.82, 2.24) is 10.6 Å². The predicted molar refractivity (Wildman–Crippen MR) is 76.9 cm³/mol. The van der Waals surface area contributed by atoms with Gasteiger partial charge in [-0.15, -0.1) is 0 Å². The van der Waals surface area contributed by atoms with E-state index in [9.17, 15) is 4.79 Å². The van der Waals surface area contributed by atoms with Gasteiger partial charge in [0.15, 0.2) is 5.17 Å². The Hall–Kier alpha value is -0.710. The topological polar surface area (TPSA) is 53.5 Å². The molecule has 1 heterocycles. The highest BCUT2D eigenvalue weighted by molar-refractivity contribution is 8.13. The maximum atomic E-state index is 11.5. The van der Waals surface area contributed by atoms with Crippen LogP contribution in [0.15, 0.2) is 4.99 Å². The summed E-state index contributed by atoms with van der Waals surface area (Å²) < 4.78 is 0. The predicted octanol–water partition coefficient (Wildman–Crippen LogP) is 1.76. The van der Waals surface area contributed by atoms with E-state index in [1.165, 1.54) is 0 Å². The van der Waals surface area contributed by atoms with Crippen molar-refractivity contribution in [1.29, 1.82) is 0 Å². The van der Waals surface area contributed by atoms with Crippen molar-refractivity contribution in [2.45, 2.75) is 45.6 Å². The molecule has 0 atom stereocenters. The molecule has 1 fully saturated rings. The van der Waals surface area contributed by atoms with Crippen molar-refractivity contribution in [2.24, 2.45) is 10.4 Å². The average Bonchev–Trinajstić information content (AvgIpc) is 3.10. The molecule has 0 bridgehead atoms. The summed E-state index contributed by atoms with van der Waals surface area (Å²) in [6.07, 6.45) is 3.81. The molecule has 0 unspecified atom stereocenters. The van der Waals surface area contributed by atoms with Crippen molar-refractivity contribution >= 4 is 22.8 Å². The second-order valence-electron chi connectivity index (χ2n) is 5.95. The van der Waals surface area contributed by atoms with Crippen LogP contribution >= 0.6 is 11.8 Å². The van der Waals surface area contributed by atoms with Gasteiger partial charge in [-0.3, -0.25) is 9.79 Å². The fourth-order valence-electron chi connectivity index (χ4n) is 1.72. The Kier molecular flexibility index (Phi) is 4.54. The zero-order valence-electron chi connectivity index (χ0n) is 11.3. The molecule has 0 radical (unpaired) electrons. The van der Waals surface area contributed by atoms with Crippen LogP contribution in [0.5, 0.6) is 0 Å². The molecule has 1 aliphatic heterocycles. The van der Waals surface area contributed by atoms with Gasteiger partial charge in [-0.25, -0.2) is 0 Å². The van der Waals surface area contributed by atoms with Gasteiger partial charge in [-0.05, 0) is 24.7 Å². The molecule has 1 saturated carbocycles. The molecule has 2 rings (SSSR count). The minimum absolute atomic E-state index is 0.193. The van der Waals surface area contributed by atoms with Crippen LogP contribution in [0.1, 0.15) is 39.5 Å². The van der Waals surface area contributed by atoms with Crippen LogP contribution in [-0.2, 0) is 4.79 Å². The van der Waals surface area contributed by atoms with Gasteiger partial charge in [0.05, 0.1) is 0 Å². The lowest BCUT2D eigenvalue weighted by Crippen LogP contribution is -2.32. The van der Waals surface area contributed by atoms with Crippen molar-refractivity contribution in [3.8, 4) is 0 Å². The highest BCUT2D eigenvalue weighted by atomic mass is 32.2. The van der Waals surface area contributed by atoms with E-state index in [-0.39, 0.29) is 5.91 Å². The third-order valence-electron chi connectivity index (χ3n) is 3.05. The number of hydrogen-bond donors (Lipinski definition) is 2. The Morgan fingerprint density at radius 3 is 2.89 bits per heavy atom. The van der Waals surface area contributed by atoms with Crippen LogP contribution in [-0.4, -0.2) is 36.0 Å². The van der Waals surface area contributed by atoms with Crippen molar-refractivity contribution in [3.63, 3.8) is 0 Å². The Morgan fingerprint density at radius 2 is 2.28 bits per heavy atom. The lowest BCUT2D eigenvalue weighted by molar-refractivity contribution is -0.121. The average molecular weight is 269 g/mol. The summed E-state index contributed by atoms with van der Waals surface area (Å²) in [6, 6.07) is 0.478. The molecule has 2 aliphatic rings. The number of thioether (sulfide) groups is 1. The zero-order chi connectivity index (χ0) is 13.0. The van der Waals surface area contributed by atoms with E-state index >= 15 is 0 Å². The molecule has 102 valence electrons. The Balaban J connectivity index is 1.55. The van der Waals surface area contributed by atoms with Gasteiger partial charge in [0.2, 0.25) is 5.91 Å². The molecule has 0 saturated heterocycles. The van der Waals surface area contributed by atoms with Crippen molar-refractivity contribution in [2.75, 3.05) is 18.8 Å². The maximum Gasteiger partial charge on any atom is 0.220 e. The molecular weight excluding hydrogens is 246 g/mol. The van der Waals surface area contributed by atoms with E-state index in [1.807, 2.05) is 0 Å². The molecule has 4 nitrogen and oxygen atoms in total. The van der Waals surface area contributed by atoms with Crippen molar-refractivity contribution in [3.05, 3.63) is 0 Å². The highest BCUT2D eigenvalue weighted by Gasteiger charge is 2.24. The van der Waals surface area contributed by atoms with Crippen LogP contribution in [0, 0.1) is 5.41 Å². The molecule has 0 aromatic heterocycles. The van der Waals surface area contributed by atoms with Gasteiger partial charge in [-0.1, -0.05) is 25.6 Å².